The van der Waals surface area contributed by atoms with Gasteiger partial charge >= 0.3 is 5.97 Å². The Morgan fingerprint density at radius 2 is 1.42 bits per heavy atom. The summed E-state index contributed by atoms with van der Waals surface area (Å²) in [7, 11) is 1.80. The fourth-order valence-electron chi connectivity index (χ4n) is 2.74. The Morgan fingerprint density at radius 3 is 1.88 bits per heavy atom. The van der Waals surface area contributed by atoms with E-state index in [1.165, 1.54) is 51.9 Å². The number of carbonyl (C=O) groups is 2. The predicted octanol–water partition coefficient (Wildman–Crippen LogP) is 5.10. The van der Waals surface area contributed by atoms with Crippen LogP contribution in [0, 0.1) is 0 Å². The Kier molecular flexibility index (Phi) is 11.8. The molecule has 4 heteroatoms. The van der Waals surface area contributed by atoms with Gasteiger partial charge in [0.15, 0.2) is 0 Å². The van der Waals surface area contributed by atoms with Crippen molar-refractivity contribution < 1.29 is 14.3 Å². The molecule has 142 valence electrons. The standard InChI is InChI=1S/C20H39NO3/c1-7-8-9-10-11-12-13-14-15-16-19(23)21(6)20(4,5)17(2)24-18(3)22/h17H,7-16H2,1-6H3. The average molecular weight is 342 g/mol. The lowest BCUT2D eigenvalue weighted by Gasteiger charge is -2.39. The van der Waals surface area contributed by atoms with Crippen molar-refractivity contribution >= 4 is 11.9 Å². The van der Waals surface area contributed by atoms with Crippen molar-refractivity contribution in [2.75, 3.05) is 7.05 Å². The van der Waals surface area contributed by atoms with Crippen LogP contribution in [0.2, 0.25) is 0 Å². The maximum Gasteiger partial charge on any atom is 0.302 e. The third-order valence-electron chi connectivity index (χ3n) is 5.07. The van der Waals surface area contributed by atoms with E-state index >= 15 is 0 Å². The molecule has 0 fully saturated rings. The van der Waals surface area contributed by atoms with Crippen LogP contribution in [-0.2, 0) is 14.3 Å². The maximum atomic E-state index is 12.4. The molecule has 0 aliphatic heterocycles. The van der Waals surface area contributed by atoms with Gasteiger partial charge in [0.2, 0.25) is 5.91 Å². The summed E-state index contributed by atoms with van der Waals surface area (Å²) in [5.74, 6) is -0.183. The normalized spacial score (nSPS) is 12.8. The highest BCUT2D eigenvalue weighted by Gasteiger charge is 2.35. The van der Waals surface area contributed by atoms with Crippen molar-refractivity contribution in [1.82, 2.24) is 4.90 Å². The summed E-state index contributed by atoms with van der Waals surface area (Å²) in [5.41, 5.74) is -0.498. The molecule has 24 heavy (non-hydrogen) atoms. The van der Waals surface area contributed by atoms with Gasteiger partial charge in [-0.2, -0.15) is 0 Å². The number of esters is 1. The number of unbranched alkanes of at least 4 members (excludes halogenated alkanes) is 8. The number of amides is 1. The van der Waals surface area contributed by atoms with E-state index in [9.17, 15) is 9.59 Å². The Hall–Kier alpha value is -1.06. The van der Waals surface area contributed by atoms with E-state index < -0.39 is 5.54 Å². The number of likely N-dealkylation sites (N-methyl/N-ethyl adjacent to an activating group) is 1. The monoisotopic (exact) mass is 341 g/mol. The number of hydrogen-bond acceptors (Lipinski definition) is 3. The summed E-state index contributed by atoms with van der Waals surface area (Å²) < 4.78 is 5.25. The molecule has 0 bridgehead atoms. The van der Waals surface area contributed by atoms with Crippen LogP contribution in [0.25, 0.3) is 0 Å². The quantitative estimate of drug-likeness (QED) is 0.346. The Labute approximate surface area is 149 Å². The van der Waals surface area contributed by atoms with Crippen LogP contribution in [0.5, 0.6) is 0 Å². The molecule has 1 amide bonds. The molecule has 0 saturated carbocycles. The van der Waals surface area contributed by atoms with Crippen LogP contribution >= 0.6 is 0 Å². The van der Waals surface area contributed by atoms with Gasteiger partial charge in [-0.1, -0.05) is 58.3 Å². The Bertz CT molecular complexity index is 366. The summed E-state index contributed by atoms with van der Waals surface area (Å²) in [6.07, 6.45) is 11.5. The summed E-state index contributed by atoms with van der Waals surface area (Å²) in [6.45, 7) is 9.35. The lowest BCUT2D eigenvalue weighted by molar-refractivity contribution is -0.157. The van der Waals surface area contributed by atoms with Gasteiger partial charge in [0.25, 0.3) is 0 Å². The molecule has 4 nitrogen and oxygen atoms in total. The van der Waals surface area contributed by atoms with E-state index in [-0.39, 0.29) is 18.0 Å². The van der Waals surface area contributed by atoms with Gasteiger partial charge in [0.05, 0.1) is 5.54 Å². The fraction of sp³-hybridized carbons (Fsp3) is 0.900. The van der Waals surface area contributed by atoms with E-state index in [0.717, 1.165) is 12.8 Å². The third-order valence-corrected chi connectivity index (χ3v) is 5.07. The highest BCUT2D eigenvalue weighted by Crippen LogP contribution is 2.22. The molecule has 0 radical (unpaired) electrons. The van der Waals surface area contributed by atoms with Crippen molar-refractivity contribution in [1.29, 1.82) is 0 Å². The Morgan fingerprint density at radius 1 is 0.958 bits per heavy atom. The van der Waals surface area contributed by atoms with Gasteiger partial charge in [-0.15, -0.1) is 0 Å². The van der Waals surface area contributed by atoms with Crippen LogP contribution in [0.15, 0.2) is 0 Å². The first kappa shape index (κ1) is 22.9. The van der Waals surface area contributed by atoms with Crippen LogP contribution in [0.1, 0.15) is 98.8 Å². The van der Waals surface area contributed by atoms with Gasteiger partial charge in [-0.3, -0.25) is 9.59 Å². The second-order valence-corrected chi connectivity index (χ2v) is 7.44. The van der Waals surface area contributed by atoms with Gasteiger partial charge in [0, 0.05) is 20.4 Å². The topological polar surface area (TPSA) is 46.6 Å². The van der Waals surface area contributed by atoms with Crippen LogP contribution in [0.4, 0.5) is 0 Å². The summed E-state index contributed by atoms with van der Waals surface area (Å²) in [4.78, 5) is 25.2. The number of rotatable bonds is 13. The molecule has 0 saturated heterocycles. The first-order valence-corrected chi connectivity index (χ1v) is 9.67. The minimum absolute atomic E-state index is 0.127. The van der Waals surface area contributed by atoms with E-state index in [1.54, 1.807) is 11.9 Å². The molecule has 0 aliphatic carbocycles. The van der Waals surface area contributed by atoms with Crippen molar-refractivity contribution in [3.63, 3.8) is 0 Å². The molecule has 1 unspecified atom stereocenters. The highest BCUT2D eigenvalue weighted by molar-refractivity contribution is 5.76. The van der Waals surface area contributed by atoms with Gasteiger partial charge in [-0.25, -0.2) is 0 Å². The van der Waals surface area contributed by atoms with Gasteiger partial charge < -0.3 is 9.64 Å². The molecule has 0 aromatic carbocycles. The molecule has 0 aromatic rings. The van der Waals surface area contributed by atoms with Crippen molar-refractivity contribution in [3.05, 3.63) is 0 Å². The number of nitrogens with zero attached hydrogens (tertiary/aromatic N) is 1. The highest BCUT2D eigenvalue weighted by atomic mass is 16.5. The molecular weight excluding hydrogens is 302 g/mol. The fourth-order valence-corrected chi connectivity index (χ4v) is 2.74. The lowest BCUT2D eigenvalue weighted by Crippen LogP contribution is -2.53. The molecule has 0 heterocycles. The molecule has 0 N–H and O–H groups in total. The Balaban J connectivity index is 3.95. The van der Waals surface area contributed by atoms with E-state index in [1.807, 2.05) is 20.8 Å². The molecule has 1 atom stereocenters. The van der Waals surface area contributed by atoms with Crippen LogP contribution in [-0.4, -0.2) is 35.5 Å². The maximum absolute atomic E-state index is 12.4. The first-order valence-electron chi connectivity index (χ1n) is 9.67. The minimum atomic E-state index is -0.498. The van der Waals surface area contributed by atoms with Crippen LogP contribution < -0.4 is 0 Å². The van der Waals surface area contributed by atoms with E-state index in [2.05, 4.69) is 6.92 Å². The zero-order valence-corrected chi connectivity index (χ0v) is 16.8. The minimum Gasteiger partial charge on any atom is -0.460 e. The molecule has 0 aliphatic rings. The van der Waals surface area contributed by atoms with Crippen LogP contribution in [0.3, 0.4) is 0 Å². The number of carbonyl (C=O) groups excluding carboxylic acids is 2. The van der Waals surface area contributed by atoms with E-state index in [0.29, 0.717) is 6.42 Å². The van der Waals surface area contributed by atoms with Gasteiger partial charge in [-0.05, 0) is 27.2 Å². The third kappa shape index (κ3) is 9.29. The number of ether oxygens (including phenoxy) is 1. The summed E-state index contributed by atoms with van der Waals surface area (Å²) in [5, 5.41) is 0. The van der Waals surface area contributed by atoms with Gasteiger partial charge in [0.1, 0.15) is 6.10 Å². The van der Waals surface area contributed by atoms with Crippen molar-refractivity contribution in [2.45, 2.75) is 110 Å². The van der Waals surface area contributed by atoms with E-state index in [4.69, 9.17) is 4.74 Å². The first-order chi connectivity index (χ1) is 11.2. The number of hydrogen-bond donors (Lipinski definition) is 0. The molecule has 0 spiro atoms. The molecule has 0 rings (SSSR count). The lowest BCUT2D eigenvalue weighted by atomic mass is 9.95. The predicted molar refractivity (Wildman–Crippen MR) is 99.9 cm³/mol. The van der Waals surface area contributed by atoms with Crippen molar-refractivity contribution in [3.8, 4) is 0 Å². The zero-order valence-electron chi connectivity index (χ0n) is 16.8. The smallest absolute Gasteiger partial charge is 0.302 e. The summed E-state index contributed by atoms with van der Waals surface area (Å²) >= 11 is 0. The average Bonchev–Trinajstić information content (AvgIpc) is 2.51. The SMILES string of the molecule is CCCCCCCCCCCC(=O)N(C)C(C)(C)C(C)OC(C)=O. The largest absolute Gasteiger partial charge is 0.460 e. The second-order valence-electron chi connectivity index (χ2n) is 7.44. The summed E-state index contributed by atoms with van der Waals surface area (Å²) in [6, 6.07) is 0. The second kappa shape index (κ2) is 12.3. The molecular formula is C20H39NO3. The molecule has 0 aromatic heterocycles. The zero-order chi connectivity index (χ0) is 18.6. The van der Waals surface area contributed by atoms with Crippen molar-refractivity contribution in [2.24, 2.45) is 0 Å².